The van der Waals surface area contributed by atoms with Crippen LogP contribution in [0.2, 0.25) is 0 Å². The molecule has 2 N–H and O–H groups in total. The lowest BCUT2D eigenvalue weighted by Gasteiger charge is -2.08. The van der Waals surface area contributed by atoms with Crippen molar-refractivity contribution in [2.45, 2.75) is 0 Å². The van der Waals surface area contributed by atoms with Gasteiger partial charge in [0.1, 0.15) is 11.3 Å². The molecule has 0 bridgehead atoms. The molecule has 0 saturated heterocycles. The van der Waals surface area contributed by atoms with E-state index < -0.39 is 0 Å². The Morgan fingerprint density at radius 3 is 2.69 bits per heavy atom. The normalized spacial score (nSPS) is 10.7. The lowest BCUT2D eigenvalue weighted by molar-refractivity contribution is 0.102. The molecule has 2 aromatic carbocycles. The SMILES string of the molecule is COc1ccc(NC(=O)c2cccc(-c3ccc4n[nH]nc4n3)c2)cc1. The Morgan fingerprint density at radius 2 is 1.88 bits per heavy atom. The first-order valence-corrected chi connectivity index (χ1v) is 7.96. The van der Waals surface area contributed by atoms with E-state index in [1.54, 1.807) is 43.5 Å². The smallest absolute Gasteiger partial charge is 0.255 e. The number of hydrogen-bond acceptors (Lipinski definition) is 5. The van der Waals surface area contributed by atoms with Crippen LogP contribution in [0.3, 0.4) is 0 Å². The number of pyridine rings is 1. The summed E-state index contributed by atoms with van der Waals surface area (Å²) in [6.07, 6.45) is 0. The van der Waals surface area contributed by atoms with Gasteiger partial charge in [0, 0.05) is 16.8 Å². The van der Waals surface area contributed by atoms with Crippen LogP contribution in [0.4, 0.5) is 5.69 Å². The van der Waals surface area contributed by atoms with Gasteiger partial charge >= 0.3 is 0 Å². The molecular formula is C19H15N5O2. The van der Waals surface area contributed by atoms with Gasteiger partial charge in [0.05, 0.1) is 12.8 Å². The Morgan fingerprint density at radius 1 is 1.04 bits per heavy atom. The fourth-order valence-corrected chi connectivity index (χ4v) is 2.59. The number of carbonyl (C=O) groups is 1. The largest absolute Gasteiger partial charge is 0.497 e. The van der Waals surface area contributed by atoms with Crippen LogP contribution < -0.4 is 10.1 Å². The Hall–Kier alpha value is -3.74. The molecule has 26 heavy (non-hydrogen) atoms. The highest BCUT2D eigenvalue weighted by atomic mass is 16.5. The van der Waals surface area contributed by atoms with Crippen molar-refractivity contribution in [2.75, 3.05) is 12.4 Å². The lowest BCUT2D eigenvalue weighted by atomic mass is 10.1. The van der Waals surface area contributed by atoms with Gasteiger partial charge in [-0.3, -0.25) is 4.79 Å². The minimum atomic E-state index is -0.195. The van der Waals surface area contributed by atoms with E-state index in [-0.39, 0.29) is 5.91 Å². The summed E-state index contributed by atoms with van der Waals surface area (Å²) in [6, 6.07) is 18.2. The number of nitrogens with one attached hydrogen (secondary N) is 2. The number of benzene rings is 2. The Balaban J connectivity index is 1.58. The molecule has 0 aliphatic rings. The number of fused-ring (bicyclic) bond motifs is 1. The Bertz CT molecular complexity index is 1070. The van der Waals surface area contributed by atoms with E-state index in [4.69, 9.17) is 4.74 Å². The predicted octanol–water partition coefficient (Wildman–Crippen LogP) is 3.28. The molecule has 7 nitrogen and oxygen atoms in total. The van der Waals surface area contributed by atoms with E-state index in [2.05, 4.69) is 25.7 Å². The van der Waals surface area contributed by atoms with E-state index in [0.29, 0.717) is 22.4 Å². The van der Waals surface area contributed by atoms with Crippen LogP contribution in [0.1, 0.15) is 10.4 Å². The molecule has 4 rings (SSSR count). The minimum Gasteiger partial charge on any atom is -0.497 e. The monoisotopic (exact) mass is 345 g/mol. The van der Waals surface area contributed by atoms with Gasteiger partial charge in [0.2, 0.25) is 5.65 Å². The van der Waals surface area contributed by atoms with E-state index in [9.17, 15) is 4.79 Å². The highest BCUT2D eigenvalue weighted by Gasteiger charge is 2.10. The molecule has 4 aromatic rings. The molecule has 128 valence electrons. The van der Waals surface area contributed by atoms with Crippen molar-refractivity contribution in [3.63, 3.8) is 0 Å². The van der Waals surface area contributed by atoms with E-state index >= 15 is 0 Å². The molecule has 2 heterocycles. The number of anilines is 1. The summed E-state index contributed by atoms with van der Waals surface area (Å²) < 4.78 is 5.12. The fraction of sp³-hybridized carbons (Fsp3) is 0.0526. The number of aromatic nitrogens is 4. The second-order valence-corrected chi connectivity index (χ2v) is 5.63. The summed E-state index contributed by atoms with van der Waals surface area (Å²) in [4.78, 5) is 17.0. The maximum Gasteiger partial charge on any atom is 0.255 e. The van der Waals surface area contributed by atoms with E-state index in [1.807, 2.05) is 24.3 Å². The summed E-state index contributed by atoms with van der Waals surface area (Å²) in [6.45, 7) is 0. The molecule has 0 fully saturated rings. The molecule has 0 atom stereocenters. The zero-order valence-electron chi connectivity index (χ0n) is 13.9. The molecular weight excluding hydrogens is 330 g/mol. The highest BCUT2D eigenvalue weighted by molar-refractivity contribution is 6.05. The lowest BCUT2D eigenvalue weighted by Crippen LogP contribution is -2.11. The van der Waals surface area contributed by atoms with Gasteiger partial charge in [-0.15, -0.1) is 5.10 Å². The number of hydrogen-bond donors (Lipinski definition) is 2. The van der Waals surface area contributed by atoms with Gasteiger partial charge in [0.15, 0.2) is 0 Å². The molecule has 0 aliphatic carbocycles. The number of rotatable bonds is 4. The molecule has 0 unspecified atom stereocenters. The molecule has 0 aliphatic heterocycles. The summed E-state index contributed by atoms with van der Waals surface area (Å²) in [5.74, 6) is 0.541. The van der Waals surface area contributed by atoms with Gasteiger partial charge in [-0.05, 0) is 48.5 Å². The van der Waals surface area contributed by atoms with Crippen molar-refractivity contribution in [2.24, 2.45) is 0 Å². The third-order valence-corrected chi connectivity index (χ3v) is 3.95. The summed E-state index contributed by atoms with van der Waals surface area (Å²) in [5, 5.41) is 13.4. The third-order valence-electron chi connectivity index (χ3n) is 3.95. The number of amides is 1. The molecule has 2 aromatic heterocycles. The van der Waals surface area contributed by atoms with Crippen molar-refractivity contribution >= 4 is 22.8 Å². The quantitative estimate of drug-likeness (QED) is 0.592. The van der Waals surface area contributed by atoms with Crippen molar-refractivity contribution in [3.8, 4) is 17.0 Å². The third kappa shape index (κ3) is 3.10. The average molecular weight is 345 g/mol. The molecule has 0 spiro atoms. The van der Waals surface area contributed by atoms with Gasteiger partial charge in [-0.2, -0.15) is 10.3 Å². The van der Waals surface area contributed by atoms with Crippen LogP contribution in [0.15, 0.2) is 60.7 Å². The second-order valence-electron chi connectivity index (χ2n) is 5.63. The minimum absolute atomic E-state index is 0.195. The van der Waals surface area contributed by atoms with Crippen LogP contribution in [0.25, 0.3) is 22.4 Å². The maximum absolute atomic E-state index is 12.5. The zero-order valence-corrected chi connectivity index (χ0v) is 13.9. The predicted molar refractivity (Wildman–Crippen MR) is 98.1 cm³/mol. The summed E-state index contributed by atoms with van der Waals surface area (Å²) in [5.41, 5.74) is 4.03. The topological polar surface area (TPSA) is 92.8 Å². The number of nitrogens with zero attached hydrogens (tertiary/aromatic N) is 3. The van der Waals surface area contributed by atoms with Gasteiger partial charge in [-0.25, -0.2) is 4.98 Å². The van der Waals surface area contributed by atoms with E-state index in [0.717, 1.165) is 17.0 Å². The highest BCUT2D eigenvalue weighted by Crippen LogP contribution is 2.21. The van der Waals surface area contributed by atoms with Gasteiger partial charge < -0.3 is 10.1 Å². The summed E-state index contributed by atoms with van der Waals surface area (Å²) >= 11 is 0. The number of ether oxygens (including phenoxy) is 1. The molecule has 0 radical (unpaired) electrons. The number of aromatic amines is 1. The first-order valence-electron chi connectivity index (χ1n) is 7.96. The Kier molecular flexibility index (Phi) is 4.03. The molecule has 0 saturated carbocycles. The first kappa shape index (κ1) is 15.8. The van der Waals surface area contributed by atoms with Crippen LogP contribution in [-0.2, 0) is 0 Å². The number of methoxy groups -OCH3 is 1. The van der Waals surface area contributed by atoms with E-state index in [1.165, 1.54) is 0 Å². The number of carbonyl (C=O) groups excluding carboxylic acids is 1. The van der Waals surface area contributed by atoms with Crippen molar-refractivity contribution < 1.29 is 9.53 Å². The van der Waals surface area contributed by atoms with Crippen LogP contribution in [0, 0.1) is 0 Å². The van der Waals surface area contributed by atoms with Crippen LogP contribution >= 0.6 is 0 Å². The van der Waals surface area contributed by atoms with Gasteiger partial charge in [-0.1, -0.05) is 12.1 Å². The van der Waals surface area contributed by atoms with Crippen LogP contribution in [0.5, 0.6) is 5.75 Å². The molecule has 7 heteroatoms. The van der Waals surface area contributed by atoms with Crippen molar-refractivity contribution in [1.82, 2.24) is 20.4 Å². The standard InChI is InChI=1S/C19H15N5O2/c1-26-15-7-5-14(6-8-15)20-19(25)13-4-2-3-12(11-13)16-9-10-17-18(21-16)23-24-22-17/h2-11H,1H3,(H,20,25)(H,21,22,23,24). The number of H-pyrrole nitrogens is 1. The molecule has 1 amide bonds. The van der Waals surface area contributed by atoms with Crippen molar-refractivity contribution in [1.29, 1.82) is 0 Å². The maximum atomic E-state index is 12.5. The van der Waals surface area contributed by atoms with Crippen LogP contribution in [-0.4, -0.2) is 33.4 Å². The van der Waals surface area contributed by atoms with Crippen molar-refractivity contribution in [3.05, 3.63) is 66.2 Å². The first-order chi connectivity index (χ1) is 12.7. The Labute approximate surface area is 149 Å². The average Bonchev–Trinajstić information content (AvgIpc) is 3.16. The fourth-order valence-electron chi connectivity index (χ4n) is 2.59. The second kappa shape index (κ2) is 6.64. The summed E-state index contributed by atoms with van der Waals surface area (Å²) in [7, 11) is 1.60. The zero-order chi connectivity index (χ0) is 17.9. The van der Waals surface area contributed by atoms with Gasteiger partial charge in [0.25, 0.3) is 5.91 Å².